The van der Waals surface area contributed by atoms with E-state index in [1.807, 2.05) is 20.8 Å². The molecule has 16 heavy (non-hydrogen) atoms. The van der Waals surface area contributed by atoms with Crippen LogP contribution in [0.25, 0.3) is 0 Å². The predicted molar refractivity (Wildman–Crippen MR) is 61.5 cm³/mol. The minimum Gasteiger partial charge on any atom is -0.465 e. The molecule has 1 aliphatic heterocycles. The Hall–Kier alpha value is -0.810. The molecule has 1 saturated heterocycles. The predicted octanol–water partition coefficient (Wildman–Crippen LogP) is 0.737. The summed E-state index contributed by atoms with van der Waals surface area (Å²) in [5, 5.41) is 21.7. The van der Waals surface area contributed by atoms with E-state index in [0.29, 0.717) is 26.1 Å². The van der Waals surface area contributed by atoms with Crippen molar-refractivity contribution in [3.8, 4) is 0 Å². The first-order valence-electron chi connectivity index (χ1n) is 5.67. The molecule has 0 spiro atoms. The topological polar surface area (TPSA) is 72.8 Å². The normalized spacial score (nSPS) is 26.9. The largest absolute Gasteiger partial charge is 0.465 e. The lowest BCUT2D eigenvalue weighted by molar-refractivity contribution is -0.0289. The van der Waals surface area contributed by atoms with Crippen LogP contribution in [0.2, 0.25) is 0 Å². The number of piperazine rings is 1. The number of aliphatic hydroxyl groups is 1. The van der Waals surface area contributed by atoms with Crippen molar-refractivity contribution >= 4 is 6.09 Å². The van der Waals surface area contributed by atoms with Gasteiger partial charge in [0, 0.05) is 26.2 Å². The fraction of sp³-hybridized carbons (Fsp3) is 0.909. The number of carbonyl (C=O) groups is 1. The van der Waals surface area contributed by atoms with Gasteiger partial charge in [-0.3, -0.25) is 4.90 Å². The third-order valence-corrected chi connectivity index (χ3v) is 3.60. The molecule has 1 aliphatic rings. The van der Waals surface area contributed by atoms with Gasteiger partial charge in [0.15, 0.2) is 0 Å². The van der Waals surface area contributed by atoms with Gasteiger partial charge in [0.05, 0.1) is 5.54 Å². The summed E-state index contributed by atoms with van der Waals surface area (Å²) in [6.07, 6.45) is -0.430. The standard InChI is InChI=1S/C11H22N2O3/c1-10(2,3)11(4-7-14)8-12-5-6-13(11)9(15)16/h12,14H,4-8H2,1-3H3,(H,15,16). The van der Waals surface area contributed by atoms with Gasteiger partial charge in [0.2, 0.25) is 0 Å². The lowest BCUT2D eigenvalue weighted by atomic mass is 9.69. The Morgan fingerprint density at radius 2 is 2.12 bits per heavy atom. The van der Waals surface area contributed by atoms with Gasteiger partial charge in [-0.1, -0.05) is 20.8 Å². The Bertz CT molecular complexity index is 258. The molecule has 0 saturated carbocycles. The van der Waals surface area contributed by atoms with E-state index in [1.54, 1.807) is 0 Å². The molecule has 0 aromatic heterocycles. The molecule has 0 bridgehead atoms. The van der Waals surface area contributed by atoms with E-state index in [0.717, 1.165) is 0 Å². The highest BCUT2D eigenvalue weighted by molar-refractivity contribution is 5.66. The smallest absolute Gasteiger partial charge is 0.407 e. The molecule has 0 aromatic rings. The Morgan fingerprint density at radius 3 is 2.56 bits per heavy atom. The van der Waals surface area contributed by atoms with Crippen LogP contribution < -0.4 is 5.32 Å². The summed E-state index contributed by atoms with van der Waals surface area (Å²) in [5.74, 6) is 0. The lowest BCUT2D eigenvalue weighted by Crippen LogP contribution is -2.68. The molecule has 3 N–H and O–H groups in total. The molecule has 1 fully saturated rings. The van der Waals surface area contributed by atoms with Crippen LogP contribution in [0.15, 0.2) is 0 Å². The van der Waals surface area contributed by atoms with E-state index < -0.39 is 11.6 Å². The molecule has 94 valence electrons. The van der Waals surface area contributed by atoms with Crippen LogP contribution in [0.5, 0.6) is 0 Å². The van der Waals surface area contributed by atoms with Gasteiger partial charge in [0.1, 0.15) is 0 Å². The van der Waals surface area contributed by atoms with Crippen LogP contribution in [-0.2, 0) is 0 Å². The minimum atomic E-state index is -0.898. The number of hydrogen-bond donors (Lipinski definition) is 3. The Balaban J connectivity index is 3.08. The Kier molecular flexibility index (Phi) is 3.80. The SMILES string of the molecule is CC(C)(C)C1(CCO)CNCCN1C(=O)O. The van der Waals surface area contributed by atoms with Gasteiger partial charge in [-0.15, -0.1) is 0 Å². The van der Waals surface area contributed by atoms with Gasteiger partial charge in [-0.25, -0.2) is 4.79 Å². The molecule has 1 unspecified atom stereocenters. The number of rotatable bonds is 2. The summed E-state index contributed by atoms with van der Waals surface area (Å²) >= 11 is 0. The number of hydrogen-bond acceptors (Lipinski definition) is 3. The number of carboxylic acid groups (broad SMARTS) is 1. The zero-order valence-corrected chi connectivity index (χ0v) is 10.3. The first-order valence-corrected chi connectivity index (χ1v) is 5.67. The molecule has 0 radical (unpaired) electrons. The van der Waals surface area contributed by atoms with E-state index in [-0.39, 0.29) is 12.0 Å². The van der Waals surface area contributed by atoms with E-state index in [2.05, 4.69) is 5.32 Å². The molecule has 1 rings (SSSR count). The molecular formula is C11H22N2O3. The van der Waals surface area contributed by atoms with Crippen molar-refractivity contribution in [2.75, 3.05) is 26.2 Å². The van der Waals surface area contributed by atoms with E-state index in [4.69, 9.17) is 0 Å². The molecule has 5 heteroatoms. The van der Waals surface area contributed by atoms with Crippen molar-refractivity contribution in [1.29, 1.82) is 0 Å². The summed E-state index contributed by atoms with van der Waals surface area (Å²) in [7, 11) is 0. The second kappa shape index (κ2) is 4.59. The summed E-state index contributed by atoms with van der Waals surface area (Å²) in [6, 6.07) is 0. The van der Waals surface area contributed by atoms with Crippen LogP contribution in [0, 0.1) is 5.41 Å². The van der Waals surface area contributed by atoms with Crippen molar-refractivity contribution in [2.45, 2.75) is 32.7 Å². The number of aliphatic hydroxyl groups excluding tert-OH is 1. The summed E-state index contributed by atoms with van der Waals surface area (Å²) in [4.78, 5) is 12.8. The fourth-order valence-electron chi connectivity index (χ4n) is 2.53. The lowest BCUT2D eigenvalue weighted by Gasteiger charge is -2.53. The Morgan fingerprint density at radius 1 is 1.50 bits per heavy atom. The quantitative estimate of drug-likeness (QED) is 0.654. The van der Waals surface area contributed by atoms with Crippen LogP contribution in [0.1, 0.15) is 27.2 Å². The van der Waals surface area contributed by atoms with Crippen molar-refractivity contribution < 1.29 is 15.0 Å². The van der Waals surface area contributed by atoms with Crippen LogP contribution >= 0.6 is 0 Å². The third kappa shape index (κ3) is 2.15. The van der Waals surface area contributed by atoms with E-state index in [9.17, 15) is 15.0 Å². The molecule has 0 aliphatic carbocycles. The van der Waals surface area contributed by atoms with Gasteiger partial charge >= 0.3 is 6.09 Å². The second-order valence-corrected chi connectivity index (χ2v) is 5.37. The van der Waals surface area contributed by atoms with E-state index in [1.165, 1.54) is 4.90 Å². The number of amides is 1. The molecule has 1 amide bonds. The van der Waals surface area contributed by atoms with Crippen LogP contribution in [0.4, 0.5) is 4.79 Å². The zero-order chi connectivity index (χ0) is 12.4. The van der Waals surface area contributed by atoms with Crippen molar-refractivity contribution in [1.82, 2.24) is 10.2 Å². The molecule has 1 atom stereocenters. The summed E-state index contributed by atoms with van der Waals surface area (Å²) in [6.45, 7) is 7.82. The van der Waals surface area contributed by atoms with Gasteiger partial charge in [0.25, 0.3) is 0 Å². The highest BCUT2D eigenvalue weighted by atomic mass is 16.4. The average Bonchev–Trinajstić information content (AvgIpc) is 2.16. The van der Waals surface area contributed by atoms with Gasteiger partial charge < -0.3 is 15.5 Å². The van der Waals surface area contributed by atoms with Crippen LogP contribution in [-0.4, -0.2) is 53.0 Å². The minimum absolute atomic E-state index is 0.00271. The molecule has 0 aromatic carbocycles. The molecule has 1 heterocycles. The van der Waals surface area contributed by atoms with Crippen molar-refractivity contribution in [3.05, 3.63) is 0 Å². The number of nitrogens with zero attached hydrogens (tertiary/aromatic N) is 1. The zero-order valence-electron chi connectivity index (χ0n) is 10.3. The maximum Gasteiger partial charge on any atom is 0.407 e. The first-order chi connectivity index (χ1) is 7.35. The van der Waals surface area contributed by atoms with Gasteiger partial charge in [-0.2, -0.15) is 0 Å². The maximum absolute atomic E-state index is 11.3. The molecule has 5 nitrogen and oxygen atoms in total. The third-order valence-electron chi connectivity index (χ3n) is 3.60. The summed E-state index contributed by atoms with van der Waals surface area (Å²) in [5.41, 5.74) is -0.729. The fourth-order valence-corrected chi connectivity index (χ4v) is 2.53. The second-order valence-electron chi connectivity index (χ2n) is 5.37. The average molecular weight is 230 g/mol. The van der Waals surface area contributed by atoms with Crippen LogP contribution in [0.3, 0.4) is 0 Å². The van der Waals surface area contributed by atoms with Crippen molar-refractivity contribution in [2.24, 2.45) is 5.41 Å². The van der Waals surface area contributed by atoms with Crippen molar-refractivity contribution in [3.63, 3.8) is 0 Å². The molecular weight excluding hydrogens is 208 g/mol. The maximum atomic E-state index is 11.3. The monoisotopic (exact) mass is 230 g/mol. The highest BCUT2D eigenvalue weighted by Gasteiger charge is 2.49. The highest BCUT2D eigenvalue weighted by Crippen LogP contribution is 2.39. The van der Waals surface area contributed by atoms with Gasteiger partial charge in [-0.05, 0) is 11.8 Å². The van der Waals surface area contributed by atoms with E-state index >= 15 is 0 Å². The summed E-state index contributed by atoms with van der Waals surface area (Å²) < 4.78 is 0. The number of nitrogens with one attached hydrogen (secondary N) is 1. The first kappa shape index (κ1) is 13.3. The Labute approximate surface area is 96.4 Å².